The van der Waals surface area contributed by atoms with E-state index in [1.165, 1.54) is 16.3 Å². The lowest BCUT2D eigenvalue weighted by molar-refractivity contribution is -0.140. The third kappa shape index (κ3) is 2.10. The molecule has 0 saturated carbocycles. The van der Waals surface area contributed by atoms with Gasteiger partial charge in [-0.1, -0.05) is 29.9 Å². The highest BCUT2D eigenvalue weighted by Crippen LogP contribution is 2.28. The van der Waals surface area contributed by atoms with Crippen LogP contribution in [-0.2, 0) is 9.63 Å². The molecule has 108 valence electrons. The molecule has 0 radical (unpaired) electrons. The van der Waals surface area contributed by atoms with Crippen LogP contribution in [0.15, 0.2) is 74.6 Å². The Kier molecular flexibility index (Phi) is 3.02. The third-order valence-electron chi connectivity index (χ3n) is 3.07. The number of hydrogen-bond acceptors (Lipinski definition) is 8. The van der Waals surface area contributed by atoms with Gasteiger partial charge in [0.2, 0.25) is 5.82 Å². The highest BCUT2D eigenvalue weighted by Gasteiger charge is 2.34. The third-order valence-corrected chi connectivity index (χ3v) is 3.93. The van der Waals surface area contributed by atoms with E-state index in [2.05, 4.69) is 20.8 Å². The van der Waals surface area contributed by atoms with E-state index in [4.69, 9.17) is 4.84 Å². The summed E-state index contributed by atoms with van der Waals surface area (Å²) in [4.78, 5) is 22.1. The fraction of sp³-hybridized carbons (Fsp3) is 0. The Morgan fingerprint density at radius 2 is 1.95 bits per heavy atom. The van der Waals surface area contributed by atoms with E-state index < -0.39 is 5.97 Å². The quantitative estimate of drug-likeness (QED) is 0.865. The zero-order valence-electron chi connectivity index (χ0n) is 11.1. The van der Waals surface area contributed by atoms with E-state index in [1.807, 2.05) is 47.8 Å². The number of nitrogens with one attached hydrogen (secondary N) is 1. The summed E-state index contributed by atoms with van der Waals surface area (Å²) in [6.45, 7) is 0. The van der Waals surface area contributed by atoms with Gasteiger partial charge in [0.25, 0.3) is 0 Å². The zero-order chi connectivity index (χ0) is 14.9. The SMILES string of the molecule is O=C1ONN(c2ccccc2)/C1=C1\N=NC(c2cccs2)=N1. The zero-order valence-corrected chi connectivity index (χ0v) is 11.9. The van der Waals surface area contributed by atoms with Crippen molar-refractivity contribution in [2.45, 2.75) is 0 Å². The first-order valence-electron chi connectivity index (χ1n) is 6.43. The lowest BCUT2D eigenvalue weighted by Gasteiger charge is -2.14. The monoisotopic (exact) mass is 311 g/mol. The molecule has 2 aliphatic rings. The molecule has 0 amide bonds. The Morgan fingerprint density at radius 1 is 1.09 bits per heavy atom. The van der Waals surface area contributed by atoms with Crippen LogP contribution in [0, 0.1) is 0 Å². The number of thiophene rings is 1. The van der Waals surface area contributed by atoms with Crippen LogP contribution in [-0.4, -0.2) is 11.8 Å². The van der Waals surface area contributed by atoms with E-state index in [0.29, 0.717) is 5.84 Å². The Hall–Kier alpha value is -2.84. The largest absolute Gasteiger partial charge is 0.380 e. The van der Waals surface area contributed by atoms with Gasteiger partial charge in [-0.15, -0.1) is 21.6 Å². The van der Waals surface area contributed by atoms with E-state index in [9.17, 15) is 4.79 Å². The van der Waals surface area contributed by atoms with Gasteiger partial charge in [0.1, 0.15) is 0 Å². The van der Waals surface area contributed by atoms with E-state index in [1.54, 1.807) is 0 Å². The first-order chi connectivity index (χ1) is 10.8. The van der Waals surface area contributed by atoms with Crippen molar-refractivity contribution in [3.63, 3.8) is 0 Å². The topological polar surface area (TPSA) is 78.6 Å². The molecule has 1 saturated heterocycles. The van der Waals surface area contributed by atoms with Gasteiger partial charge in [0.15, 0.2) is 11.5 Å². The van der Waals surface area contributed by atoms with Gasteiger partial charge in [-0.05, 0) is 23.6 Å². The summed E-state index contributed by atoms with van der Waals surface area (Å²) in [7, 11) is 0. The number of nitrogens with zero attached hydrogens (tertiary/aromatic N) is 4. The Morgan fingerprint density at radius 3 is 2.73 bits per heavy atom. The number of aliphatic imine (C=N–C) groups is 1. The molecule has 0 spiro atoms. The highest BCUT2D eigenvalue weighted by atomic mass is 32.1. The molecule has 7 nitrogen and oxygen atoms in total. The minimum absolute atomic E-state index is 0.210. The van der Waals surface area contributed by atoms with Crippen LogP contribution in [0.5, 0.6) is 0 Å². The van der Waals surface area contributed by atoms with Crippen LogP contribution in [0.2, 0.25) is 0 Å². The summed E-state index contributed by atoms with van der Waals surface area (Å²) in [5.74, 6) is 0.168. The Bertz CT molecular complexity index is 811. The first-order valence-corrected chi connectivity index (χ1v) is 7.31. The number of benzene rings is 1. The van der Waals surface area contributed by atoms with Crippen molar-refractivity contribution in [3.05, 3.63) is 64.2 Å². The molecule has 8 heteroatoms. The number of azo groups is 1. The standard InChI is InChI=1S/C14H9N5O2S/c20-14-11(19(18-21-14)9-5-2-1-3-6-9)13-15-12(16-17-13)10-7-4-8-22-10/h1-8,18H/b13-11-. The number of hydrogen-bond donors (Lipinski definition) is 1. The van der Waals surface area contributed by atoms with Gasteiger partial charge < -0.3 is 4.84 Å². The average Bonchev–Trinajstić information content (AvgIpc) is 3.27. The molecule has 1 N–H and O–H groups in total. The second-order valence-corrected chi connectivity index (χ2v) is 5.38. The summed E-state index contributed by atoms with van der Waals surface area (Å²) in [6, 6.07) is 13.1. The number of para-hydroxylation sites is 1. The molecule has 22 heavy (non-hydrogen) atoms. The molecule has 1 fully saturated rings. The second-order valence-electron chi connectivity index (χ2n) is 4.44. The number of anilines is 1. The van der Waals surface area contributed by atoms with E-state index in [0.717, 1.165) is 10.6 Å². The number of rotatable bonds is 2. The van der Waals surface area contributed by atoms with E-state index >= 15 is 0 Å². The lowest BCUT2D eigenvalue weighted by Crippen LogP contribution is -2.29. The van der Waals surface area contributed by atoms with Crippen LogP contribution in [0.4, 0.5) is 5.69 Å². The first kappa shape index (κ1) is 12.9. The summed E-state index contributed by atoms with van der Waals surface area (Å²) in [5, 5.41) is 11.5. The van der Waals surface area contributed by atoms with Crippen LogP contribution < -0.4 is 10.6 Å². The van der Waals surface area contributed by atoms with Crippen LogP contribution in [0.3, 0.4) is 0 Å². The molecule has 1 aromatic carbocycles. The van der Waals surface area contributed by atoms with Crippen molar-refractivity contribution in [1.82, 2.24) is 5.59 Å². The fourth-order valence-corrected chi connectivity index (χ4v) is 2.73. The van der Waals surface area contributed by atoms with Gasteiger partial charge in [-0.25, -0.2) is 14.8 Å². The van der Waals surface area contributed by atoms with Crippen molar-refractivity contribution in [2.75, 3.05) is 5.01 Å². The van der Waals surface area contributed by atoms with Gasteiger partial charge in [0.05, 0.1) is 10.6 Å². The number of amidine groups is 1. The van der Waals surface area contributed by atoms with Gasteiger partial charge in [-0.3, -0.25) is 0 Å². The van der Waals surface area contributed by atoms with Gasteiger partial charge >= 0.3 is 5.97 Å². The Balaban J connectivity index is 1.77. The molecule has 2 aliphatic heterocycles. The smallest absolute Gasteiger partial charge is 0.345 e. The van der Waals surface area contributed by atoms with E-state index in [-0.39, 0.29) is 11.5 Å². The Labute approximate surface area is 129 Å². The van der Waals surface area contributed by atoms with Crippen molar-refractivity contribution in [1.29, 1.82) is 0 Å². The number of carbonyl (C=O) groups is 1. The maximum absolute atomic E-state index is 12.0. The van der Waals surface area contributed by atoms with Crippen molar-refractivity contribution < 1.29 is 9.63 Å². The molecule has 0 atom stereocenters. The molecular formula is C14H9N5O2S. The normalized spacial score (nSPS) is 20.5. The van der Waals surface area contributed by atoms with Crippen molar-refractivity contribution in [3.8, 4) is 0 Å². The summed E-state index contributed by atoms with van der Waals surface area (Å²) in [6.07, 6.45) is 0. The summed E-state index contributed by atoms with van der Waals surface area (Å²) < 4.78 is 0. The lowest BCUT2D eigenvalue weighted by atomic mass is 10.3. The van der Waals surface area contributed by atoms with Crippen molar-refractivity contribution in [2.24, 2.45) is 15.2 Å². The van der Waals surface area contributed by atoms with Crippen LogP contribution >= 0.6 is 11.3 Å². The van der Waals surface area contributed by atoms with Gasteiger partial charge in [-0.2, -0.15) is 0 Å². The van der Waals surface area contributed by atoms with Crippen LogP contribution in [0.1, 0.15) is 4.88 Å². The second kappa shape index (κ2) is 5.17. The van der Waals surface area contributed by atoms with Crippen LogP contribution in [0.25, 0.3) is 0 Å². The highest BCUT2D eigenvalue weighted by molar-refractivity contribution is 7.12. The molecule has 0 bridgehead atoms. The molecular weight excluding hydrogens is 302 g/mol. The molecule has 4 rings (SSSR count). The van der Waals surface area contributed by atoms with Crippen molar-refractivity contribution >= 4 is 28.8 Å². The minimum atomic E-state index is -0.547. The maximum atomic E-state index is 12.0. The maximum Gasteiger partial charge on any atom is 0.380 e. The molecule has 2 aromatic rings. The molecule has 3 heterocycles. The minimum Gasteiger partial charge on any atom is -0.345 e. The van der Waals surface area contributed by atoms with Gasteiger partial charge in [0, 0.05) is 0 Å². The number of hydrazine groups is 1. The molecule has 0 aliphatic carbocycles. The fourth-order valence-electron chi connectivity index (χ4n) is 2.07. The molecule has 0 unspecified atom stereocenters. The molecule has 1 aromatic heterocycles. The number of carbonyl (C=O) groups excluding carboxylic acids is 1. The average molecular weight is 311 g/mol. The summed E-state index contributed by atoms with van der Waals surface area (Å²) in [5.41, 5.74) is 3.51. The predicted octanol–water partition coefficient (Wildman–Crippen LogP) is 2.61. The predicted molar refractivity (Wildman–Crippen MR) is 80.9 cm³/mol. The summed E-state index contributed by atoms with van der Waals surface area (Å²) >= 11 is 1.51.